The molecule has 2 aromatic heterocycles. The molecule has 0 bridgehead atoms. The molecular weight excluding hydrogens is 393 g/mol. The van der Waals surface area contributed by atoms with Crippen molar-refractivity contribution < 1.29 is 22.7 Å². The van der Waals surface area contributed by atoms with Crippen LogP contribution in [0.1, 0.15) is 21.7 Å². The predicted octanol–water partition coefficient (Wildman–Crippen LogP) is 6.02. The predicted molar refractivity (Wildman–Crippen MR) is 99.5 cm³/mol. The Morgan fingerprint density at radius 1 is 0.963 bits per heavy atom. The molecule has 0 fully saturated rings. The Hall–Kier alpha value is -2.38. The number of ketones is 1. The van der Waals surface area contributed by atoms with E-state index >= 15 is 0 Å². The van der Waals surface area contributed by atoms with Crippen LogP contribution in [0.4, 0.5) is 13.2 Å². The van der Waals surface area contributed by atoms with Crippen LogP contribution in [0.15, 0.2) is 70.9 Å². The summed E-state index contributed by atoms with van der Waals surface area (Å²) >= 11 is 2.64. The van der Waals surface area contributed by atoms with Crippen LogP contribution in [0.25, 0.3) is 5.76 Å². The van der Waals surface area contributed by atoms with E-state index in [1.165, 1.54) is 22.7 Å². The standard InChI is InChI=1S/C20H13F3O2S2/c21-20(22,23)18(24)14-12-19(16-9-5-11-27-16,13-6-2-1-3-7-13)25-17(14)15-8-4-10-26-15/h1-11H,12H2. The number of halogens is 3. The van der Waals surface area contributed by atoms with Crippen molar-refractivity contribution >= 4 is 34.2 Å². The zero-order chi connectivity index (χ0) is 19.1. The van der Waals surface area contributed by atoms with Gasteiger partial charge in [-0.1, -0.05) is 42.5 Å². The largest absolute Gasteiger partial charge is 0.475 e. The molecular formula is C20H13F3O2S2. The fourth-order valence-corrected chi connectivity index (χ4v) is 4.83. The van der Waals surface area contributed by atoms with Gasteiger partial charge < -0.3 is 4.74 Å². The van der Waals surface area contributed by atoms with Gasteiger partial charge in [0.15, 0.2) is 5.60 Å². The lowest BCUT2D eigenvalue weighted by Gasteiger charge is -2.29. The highest BCUT2D eigenvalue weighted by Crippen LogP contribution is 2.52. The lowest BCUT2D eigenvalue weighted by atomic mass is 9.86. The van der Waals surface area contributed by atoms with Gasteiger partial charge in [0.1, 0.15) is 5.76 Å². The van der Waals surface area contributed by atoms with Crippen LogP contribution in [0, 0.1) is 0 Å². The Kier molecular flexibility index (Phi) is 4.44. The third kappa shape index (κ3) is 3.11. The number of benzene rings is 1. The fraction of sp³-hybridized carbons (Fsp3) is 0.150. The van der Waals surface area contributed by atoms with Crippen molar-refractivity contribution in [3.63, 3.8) is 0 Å². The molecule has 0 spiro atoms. The van der Waals surface area contributed by atoms with Crippen LogP contribution in [-0.2, 0) is 15.1 Å². The van der Waals surface area contributed by atoms with Gasteiger partial charge in [-0.05, 0) is 22.9 Å². The van der Waals surface area contributed by atoms with Crippen molar-refractivity contribution in [1.29, 1.82) is 0 Å². The maximum Gasteiger partial charge on any atom is 0.454 e. The molecule has 7 heteroatoms. The minimum absolute atomic E-state index is 0.0181. The number of alkyl halides is 3. The molecule has 27 heavy (non-hydrogen) atoms. The summed E-state index contributed by atoms with van der Waals surface area (Å²) in [4.78, 5) is 13.5. The number of carbonyl (C=O) groups is 1. The van der Waals surface area contributed by atoms with Crippen molar-refractivity contribution in [2.75, 3.05) is 0 Å². The van der Waals surface area contributed by atoms with Crippen LogP contribution in [0.5, 0.6) is 0 Å². The number of Topliss-reactive ketones (excluding diaryl/α,β-unsaturated/α-hetero) is 1. The van der Waals surface area contributed by atoms with Crippen LogP contribution in [0.3, 0.4) is 0 Å². The van der Waals surface area contributed by atoms with Crippen molar-refractivity contribution in [1.82, 2.24) is 0 Å². The molecule has 1 atom stereocenters. The SMILES string of the molecule is O=C(C1=C(c2cccs2)OC(c2ccccc2)(c2cccs2)C1)C(F)(F)F. The number of ether oxygens (including phenoxy) is 1. The van der Waals surface area contributed by atoms with E-state index in [1.807, 2.05) is 47.8 Å². The van der Waals surface area contributed by atoms with Crippen molar-refractivity contribution in [3.05, 3.63) is 86.2 Å². The second-order valence-electron chi connectivity index (χ2n) is 6.06. The van der Waals surface area contributed by atoms with Crippen molar-refractivity contribution in [3.8, 4) is 0 Å². The monoisotopic (exact) mass is 406 g/mol. The van der Waals surface area contributed by atoms with E-state index < -0.39 is 17.6 Å². The van der Waals surface area contributed by atoms with Crippen molar-refractivity contribution in [2.45, 2.75) is 18.2 Å². The lowest BCUT2D eigenvalue weighted by Crippen LogP contribution is -2.29. The van der Waals surface area contributed by atoms with Gasteiger partial charge in [-0.3, -0.25) is 4.79 Å². The van der Waals surface area contributed by atoms with Gasteiger partial charge in [-0.15, -0.1) is 22.7 Å². The maximum absolute atomic E-state index is 13.3. The Balaban J connectivity index is 1.89. The van der Waals surface area contributed by atoms with E-state index in [0.717, 1.165) is 4.88 Å². The average molecular weight is 406 g/mol. The zero-order valence-electron chi connectivity index (χ0n) is 13.8. The van der Waals surface area contributed by atoms with Gasteiger partial charge in [-0.25, -0.2) is 0 Å². The molecule has 0 amide bonds. The van der Waals surface area contributed by atoms with Gasteiger partial charge in [0.25, 0.3) is 5.78 Å². The molecule has 138 valence electrons. The summed E-state index contributed by atoms with van der Waals surface area (Å²) in [5, 5.41) is 3.59. The van der Waals surface area contributed by atoms with Gasteiger partial charge in [0.05, 0.1) is 15.3 Å². The smallest absolute Gasteiger partial charge is 0.454 e. The molecule has 0 aliphatic carbocycles. The first-order valence-electron chi connectivity index (χ1n) is 8.09. The Morgan fingerprint density at radius 3 is 2.26 bits per heavy atom. The molecule has 1 aliphatic heterocycles. The second kappa shape index (κ2) is 6.65. The molecule has 2 nitrogen and oxygen atoms in total. The van der Waals surface area contributed by atoms with Crippen LogP contribution in [-0.4, -0.2) is 12.0 Å². The maximum atomic E-state index is 13.3. The third-order valence-electron chi connectivity index (χ3n) is 4.41. The van der Waals surface area contributed by atoms with Gasteiger partial charge >= 0.3 is 6.18 Å². The van der Waals surface area contributed by atoms with E-state index in [9.17, 15) is 18.0 Å². The van der Waals surface area contributed by atoms with Crippen LogP contribution >= 0.6 is 22.7 Å². The Bertz CT molecular complexity index is 974. The minimum Gasteiger partial charge on any atom is -0.475 e. The first-order valence-corrected chi connectivity index (χ1v) is 9.85. The molecule has 0 radical (unpaired) electrons. The number of rotatable bonds is 4. The lowest BCUT2D eigenvalue weighted by molar-refractivity contribution is -0.166. The average Bonchev–Trinajstić information content (AvgIpc) is 3.40. The zero-order valence-corrected chi connectivity index (χ0v) is 15.5. The molecule has 1 aromatic carbocycles. The summed E-state index contributed by atoms with van der Waals surface area (Å²) in [6, 6.07) is 16.1. The van der Waals surface area contributed by atoms with Gasteiger partial charge in [0, 0.05) is 12.0 Å². The number of hydrogen-bond acceptors (Lipinski definition) is 4. The van der Waals surface area contributed by atoms with E-state index in [0.29, 0.717) is 10.4 Å². The third-order valence-corrected chi connectivity index (χ3v) is 6.29. The van der Waals surface area contributed by atoms with Crippen LogP contribution < -0.4 is 0 Å². The fourth-order valence-electron chi connectivity index (χ4n) is 3.22. The normalized spacial score (nSPS) is 20.0. The molecule has 0 N–H and O–H groups in total. The van der Waals surface area contributed by atoms with E-state index in [4.69, 9.17) is 4.74 Å². The summed E-state index contributed by atoms with van der Waals surface area (Å²) in [6.45, 7) is 0. The number of hydrogen-bond donors (Lipinski definition) is 0. The second-order valence-corrected chi connectivity index (χ2v) is 7.96. The van der Waals surface area contributed by atoms with Gasteiger partial charge in [-0.2, -0.15) is 13.2 Å². The summed E-state index contributed by atoms with van der Waals surface area (Å²) < 4.78 is 46.1. The summed E-state index contributed by atoms with van der Waals surface area (Å²) in [5.41, 5.74) is -0.765. The molecule has 3 aromatic rings. The Labute approximate surface area is 161 Å². The van der Waals surface area contributed by atoms with E-state index in [-0.39, 0.29) is 17.8 Å². The van der Waals surface area contributed by atoms with Crippen LogP contribution in [0.2, 0.25) is 0 Å². The molecule has 0 saturated heterocycles. The highest BCUT2D eigenvalue weighted by atomic mass is 32.1. The first-order chi connectivity index (χ1) is 12.9. The quantitative estimate of drug-likeness (QED) is 0.530. The van der Waals surface area contributed by atoms with Gasteiger partial charge in [0.2, 0.25) is 0 Å². The van der Waals surface area contributed by atoms with Crippen molar-refractivity contribution in [2.24, 2.45) is 0 Å². The summed E-state index contributed by atoms with van der Waals surface area (Å²) in [6.07, 6.45) is -5.12. The molecule has 1 unspecified atom stereocenters. The number of carbonyl (C=O) groups excluding carboxylic acids is 1. The number of thiophene rings is 2. The molecule has 3 heterocycles. The molecule has 0 saturated carbocycles. The Morgan fingerprint density at radius 2 is 1.67 bits per heavy atom. The topological polar surface area (TPSA) is 26.3 Å². The summed E-state index contributed by atoms with van der Waals surface area (Å²) in [7, 11) is 0. The van der Waals surface area contributed by atoms with E-state index in [1.54, 1.807) is 17.5 Å². The highest BCUT2D eigenvalue weighted by Gasteiger charge is 2.52. The molecule has 4 rings (SSSR count). The first kappa shape index (κ1) is 18.0. The van der Waals surface area contributed by atoms with E-state index in [2.05, 4.69) is 0 Å². The molecule has 1 aliphatic rings. The minimum atomic E-state index is -4.95. The summed E-state index contributed by atoms with van der Waals surface area (Å²) in [5.74, 6) is -1.83. The highest BCUT2D eigenvalue weighted by molar-refractivity contribution is 7.11.